The molecule has 0 radical (unpaired) electrons. The predicted molar refractivity (Wildman–Crippen MR) is 162 cm³/mol. The number of carbonyl (C=O) groups excluding carboxylic acids is 2. The summed E-state index contributed by atoms with van der Waals surface area (Å²) in [7, 11) is 0. The van der Waals surface area contributed by atoms with E-state index < -0.39 is 5.60 Å². The van der Waals surface area contributed by atoms with Crippen molar-refractivity contribution in [2.24, 2.45) is 0 Å². The number of piperazine rings is 1. The largest absolute Gasteiger partial charge is 0.482 e. The normalized spacial score (nSPS) is 18.1. The molecule has 1 aliphatic rings. The predicted octanol–water partition coefficient (Wildman–Crippen LogP) is 6.56. The Morgan fingerprint density at radius 1 is 1.00 bits per heavy atom. The summed E-state index contributed by atoms with van der Waals surface area (Å²) in [6.07, 6.45) is 1.17. The smallest absolute Gasteiger partial charge is 0.410 e. The molecule has 218 valence electrons. The van der Waals surface area contributed by atoms with Crippen LogP contribution in [-0.2, 0) is 4.74 Å². The molecule has 1 aliphatic heterocycles. The Labute approximate surface area is 243 Å². The Morgan fingerprint density at radius 3 is 2.29 bits per heavy atom. The van der Waals surface area contributed by atoms with Crippen molar-refractivity contribution in [3.8, 4) is 16.9 Å². The number of anilines is 1. The van der Waals surface area contributed by atoms with Crippen molar-refractivity contribution in [3.63, 3.8) is 0 Å². The number of hydrogen-bond donors (Lipinski definition) is 1. The van der Waals surface area contributed by atoms with E-state index in [4.69, 9.17) is 15.2 Å². The molecule has 4 rings (SSSR count). The number of carbonyl (C=O) groups is 2. The van der Waals surface area contributed by atoms with E-state index in [9.17, 15) is 9.59 Å². The fourth-order valence-corrected chi connectivity index (χ4v) is 5.31. The number of ether oxygens (including phenoxy) is 2. The van der Waals surface area contributed by atoms with E-state index in [0.717, 1.165) is 27.8 Å². The van der Waals surface area contributed by atoms with Gasteiger partial charge in [0.05, 0.1) is 12.1 Å². The van der Waals surface area contributed by atoms with Gasteiger partial charge in [-0.15, -0.1) is 0 Å². The Kier molecular flexibility index (Phi) is 8.61. The first kappa shape index (κ1) is 29.9. The highest BCUT2D eigenvalue weighted by molar-refractivity contribution is 5.96. The van der Waals surface area contributed by atoms with Crippen molar-refractivity contribution in [1.82, 2.24) is 14.8 Å². The highest BCUT2D eigenvalue weighted by Gasteiger charge is 2.37. The summed E-state index contributed by atoms with van der Waals surface area (Å²) in [6, 6.07) is 15.5. The van der Waals surface area contributed by atoms with E-state index in [-0.39, 0.29) is 30.2 Å². The number of nitrogens with zero attached hydrogens (tertiary/aromatic N) is 3. The van der Waals surface area contributed by atoms with E-state index in [1.807, 2.05) is 89.8 Å². The second-order valence-corrected chi connectivity index (χ2v) is 12.1. The average Bonchev–Trinajstić information content (AvgIpc) is 2.88. The Bertz CT molecular complexity index is 1420. The van der Waals surface area contributed by atoms with Crippen molar-refractivity contribution < 1.29 is 19.1 Å². The van der Waals surface area contributed by atoms with Gasteiger partial charge in [0, 0.05) is 30.4 Å². The van der Waals surface area contributed by atoms with Gasteiger partial charge in [-0.2, -0.15) is 0 Å². The van der Waals surface area contributed by atoms with Gasteiger partial charge in [-0.25, -0.2) is 9.78 Å². The quantitative estimate of drug-likeness (QED) is 0.381. The number of hydrogen-bond acceptors (Lipinski definition) is 6. The molecule has 2 amide bonds. The molecule has 1 saturated heterocycles. The van der Waals surface area contributed by atoms with Crippen LogP contribution < -0.4 is 10.5 Å². The van der Waals surface area contributed by atoms with Gasteiger partial charge >= 0.3 is 6.09 Å². The van der Waals surface area contributed by atoms with Gasteiger partial charge in [0.25, 0.3) is 5.91 Å². The summed E-state index contributed by atoms with van der Waals surface area (Å²) >= 11 is 0. The van der Waals surface area contributed by atoms with Crippen molar-refractivity contribution in [1.29, 1.82) is 0 Å². The number of amides is 2. The van der Waals surface area contributed by atoms with Gasteiger partial charge in [-0.3, -0.25) is 9.69 Å². The number of nitrogen functional groups attached to an aromatic ring is 1. The van der Waals surface area contributed by atoms with E-state index in [0.29, 0.717) is 30.2 Å². The fraction of sp³-hybridized carbons (Fsp3) is 0.424. The van der Waals surface area contributed by atoms with Crippen LogP contribution in [0.5, 0.6) is 5.75 Å². The molecule has 1 aromatic heterocycles. The zero-order valence-electron chi connectivity index (χ0n) is 25.4. The zero-order valence-corrected chi connectivity index (χ0v) is 25.4. The monoisotopic (exact) mass is 558 g/mol. The summed E-state index contributed by atoms with van der Waals surface area (Å²) in [5.74, 6) is 0.786. The summed E-state index contributed by atoms with van der Waals surface area (Å²) < 4.78 is 11.8. The SMILES string of the molecule is Cc1cccc(C(C)Oc2cc(-c3ccc(C(=O)N4C[C@@H](C)N(C(=O)OC(C)(C)C)[C@@H](C)C4)c(C)c3)cnc2N)c1. The lowest BCUT2D eigenvalue weighted by Crippen LogP contribution is -2.60. The Balaban J connectivity index is 1.49. The van der Waals surface area contributed by atoms with Crippen LogP contribution in [0.25, 0.3) is 11.1 Å². The molecule has 8 nitrogen and oxygen atoms in total. The molecule has 2 heterocycles. The Hall–Kier alpha value is -4.07. The number of aromatic nitrogens is 1. The highest BCUT2D eigenvalue weighted by Crippen LogP contribution is 2.32. The van der Waals surface area contributed by atoms with E-state index in [1.165, 1.54) is 0 Å². The molecule has 0 bridgehead atoms. The summed E-state index contributed by atoms with van der Waals surface area (Å²) in [5.41, 5.74) is 11.1. The molecule has 3 aromatic rings. The van der Waals surface area contributed by atoms with Crippen molar-refractivity contribution in [3.05, 3.63) is 77.0 Å². The van der Waals surface area contributed by atoms with Crippen LogP contribution in [0, 0.1) is 13.8 Å². The molecule has 2 N–H and O–H groups in total. The van der Waals surface area contributed by atoms with Crippen LogP contribution in [0.15, 0.2) is 54.7 Å². The number of benzene rings is 2. The van der Waals surface area contributed by atoms with E-state index in [2.05, 4.69) is 24.0 Å². The summed E-state index contributed by atoms with van der Waals surface area (Å²) in [5, 5.41) is 0. The lowest BCUT2D eigenvalue weighted by molar-refractivity contribution is -0.0130. The van der Waals surface area contributed by atoms with Crippen LogP contribution in [0.2, 0.25) is 0 Å². The van der Waals surface area contributed by atoms with Gasteiger partial charge in [0.1, 0.15) is 11.7 Å². The number of aryl methyl sites for hydroxylation is 2. The maximum atomic E-state index is 13.6. The molecule has 8 heteroatoms. The zero-order chi connectivity index (χ0) is 30.1. The average molecular weight is 559 g/mol. The van der Waals surface area contributed by atoms with Crippen LogP contribution in [-0.4, -0.2) is 57.6 Å². The van der Waals surface area contributed by atoms with Crippen LogP contribution >= 0.6 is 0 Å². The maximum absolute atomic E-state index is 13.6. The molecule has 0 saturated carbocycles. The van der Waals surface area contributed by atoms with Gasteiger partial charge in [-0.05, 0) is 84.2 Å². The minimum Gasteiger partial charge on any atom is -0.482 e. The third-order valence-electron chi connectivity index (χ3n) is 7.30. The lowest BCUT2D eigenvalue weighted by atomic mass is 9.99. The van der Waals surface area contributed by atoms with E-state index in [1.54, 1.807) is 11.1 Å². The molecule has 0 spiro atoms. The standard InChI is InChI=1S/C33H42N4O4/c1-20-10-9-11-25(14-20)24(5)40-29-16-27(17-35-30(29)34)26-12-13-28(21(2)15-26)31(38)36-18-22(3)37(23(4)19-36)32(39)41-33(6,7)8/h9-17,22-24H,18-19H2,1-8H3,(H2,34,35)/t22-,23+,24?. The minimum atomic E-state index is -0.575. The second-order valence-electron chi connectivity index (χ2n) is 12.1. The molecule has 0 aliphatic carbocycles. The van der Waals surface area contributed by atoms with Crippen molar-refractivity contribution >= 4 is 17.8 Å². The molecular weight excluding hydrogens is 516 g/mol. The van der Waals surface area contributed by atoms with E-state index >= 15 is 0 Å². The fourth-order valence-electron chi connectivity index (χ4n) is 5.31. The summed E-state index contributed by atoms with van der Waals surface area (Å²) in [4.78, 5) is 34.3. The maximum Gasteiger partial charge on any atom is 0.410 e. The second kappa shape index (κ2) is 11.8. The van der Waals surface area contributed by atoms with Crippen molar-refractivity contribution in [2.75, 3.05) is 18.8 Å². The van der Waals surface area contributed by atoms with Gasteiger partial charge in [0.2, 0.25) is 0 Å². The molecule has 1 unspecified atom stereocenters. The highest BCUT2D eigenvalue weighted by atomic mass is 16.6. The lowest BCUT2D eigenvalue weighted by Gasteiger charge is -2.44. The molecule has 3 atom stereocenters. The molecular formula is C33H42N4O4. The first-order valence-corrected chi connectivity index (χ1v) is 14.1. The van der Waals surface area contributed by atoms with Gasteiger partial charge in [0.15, 0.2) is 11.6 Å². The molecule has 41 heavy (non-hydrogen) atoms. The number of rotatable bonds is 5. The third-order valence-corrected chi connectivity index (χ3v) is 7.30. The molecule has 2 aromatic carbocycles. The minimum absolute atomic E-state index is 0.0528. The number of nitrogens with two attached hydrogens (primary N) is 1. The Morgan fingerprint density at radius 2 is 1.68 bits per heavy atom. The number of pyridine rings is 1. The van der Waals surface area contributed by atoms with Gasteiger partial charge < -0.3 is 20.1 Å². The van der Waals surface area contributed by atoms with Crippen LogP contribution in [0.4, 0.5) is 10.6 Å². The van der Waals surface area contributed by atoms with Crippen LogP contribution in [0.1, 0.15) is 74.7 Å². The molecule has 1 fully saturated rings. The van der Waals surface area contributed by atoms with Crippen molar-refractivity contribution in [2.45, 2.75) is 79.2 Å². The summed E-state index contributed by atoms with van der Waals surface area (Å²) in [6.45, 7) is 16.3. The first-order chi connectivity index (χ1) is 19.2. The first-order valence-electron chi connectivity index (χ1n) is 14.1. The third kappa shape index (κ3) is 6.99. The van der Waals surface area contributed by atoms with Crippen LogP contribution in [0.3, 0.4) is 0 Å². The topological polar surface area (TPSA) is 98.0 Å². The van der Waals surface area contributed by atoms with Gasteiger partial charge in [-0.1, -0.05) is 42.0 Å².